The van der Waals surface area contributed by atoms with Gasteiger partial charge in [-0.05, 0) is 42.1 Å². The van der Waals surface area contributed by atoms with E-state index in [-0.39, 0.29) is 5.28 Å². The summed E-state index contributed by atoms with van der Waals surface area (Å²) in [6.07, 6.45) is 0. The zero-order chi connectivity index (χ0) is 12.5. The Bertz CT molecular complexity index is 692. The van der Waals surface area contributed by atoms with E-state index in [0.29, 0.717) is 6.54 Å². The highest BCUT2D eigenvalue weighted by atomic mass is 35.5. The van der Waals surface area contributed by atoms with Gasteiger partial charge in [-0.2, -0.15) is 4.98 Å². The number of furan rings is 1. The number of thiophene rings is 1. The fourth-order valence-corrected chi connectivity index (χ4v) is 2.68. The van der Waals surface area contributed by atoms with Gasteiger partial charge in [-0.1, -0.05) is 0 Å². The van der Waals surface area contributed by atoms with Crippen LogP contribution in [-0.4, -0.2) is 9.97 Å². The fraction of sp³-hybridized carbons (Fsp3) is 0.167. The van der Waals surface area contributed by atoms with Crippen LogP contribution >= 0.6 is 22.9 Å². The number of nitrogens with one attached hydrogen (secondary N) is 1. The van der Waals surface area contributed by atoms with Gasteiger partial charge in [-0.3, -0.25) is 0 Å². The number of fused-ring (bicyclic) bond motifs is 1. The zero-order valence-corrected chi connectivity index (χ0v) is 11.2. The second kappa shape index (κ2) is 4.59. The lowest BCUT2D eigenvalue weighted by Gasteiger charge is -2.04. The van der Waals surface area contributed by atoms with Gasteiger partial charge in [0.1, 0.15) is 17.3 Å². The highest BCUT2D eigenvalue weighted by Gasteiger charge is 2.08. The first-order valence-electron chi connectivity index (χ1n) is 5.42. The minimum Gasteiger partial charge on any atom is -0.465 e. The quantitative estimate of drug-likeness (QED) is 0.740. The summed E-state index contributed by atoms with van der Waals surface area (Å²) >= 11 is 7.47. The van der Waals surface area contributed by atoms with Gasteiger partial charge in [0.25, 0.3) is 0 Å². The molecule has 0 amide bonds. The lowest BCUT2D eigenvalue weighted by Crippen LogP contribution is -2.01. The molecule has 18 heavy (non-hydrogen) atoms. The molecule has 0 fully saturated rings. The van der Waals surface area contributed by atoms with Gasteiger partial charge in [-0.15, -0.1) is 11.3 Å². The first-order valence-corrected chi connectivity index (χ1v) is 6.68. The summed E-state index contributed by atoms with van der Waals surface area (Å²) in [5.74, 6) is 2.51. The number of hydrogen-bond donors (Lipinski definition) is 1. The molecule has 0 saturated carbocycles. The third kappa shape index (κ3) is 2.19. The van der Waals surface area contributed by atoms with Crippen LogP contribution in [0, 0.1) is 6.92 Å². The van der Waals surface area contributed by atoms with Crippen LogP contribution in [0.5, 0.6) is 0 Å². The monoisotopic (exact) mass is 279 g/mol. The third-order valence-electron chi connectivity index (χ3n) is 2.50. The zero-order valence-electron chi connectivity index (χ0n) is 9.61. The lowest BCUT2D eigenvalue weighted by atomic mass is 10.4. The van der Waals surface area contributed by atoms with Crippen molar-refractivity contribution in [3.05, 3.63) is 40.4 Å². The number of anilines is 1. The molecule has 0 spiro atoms. The van der Waals surface area contributed by atoms with E-state index in [1.165, 1.54) is 0 Å². The second-order valence-corrected chi connectivity index (χ2v) is 5.10. The lowest BCUT2D eigenvalue weighted by molar-refractivity contribution is 0.490. The molecule has 0 radical (unpaired) electrons. The van der Waals surface area contributed by atoms with Gasteiger partial charge < -0.3 is 9.73 Å². The molecule has 3 rings (SSSR count). The Hall–Kier alpha value is -1.59. The number of aryl methyl sites for hydroxylation is 1. The standard InChI is InChI=1S/C12H10ClN3OS/c1-7-2-3-8(17-7)6-14-11-10-9(4-5-18-10)15-12(13)16-11/h2-5H,6H2,1H3,(H,14,15,16). The van der Waals surface area contributed by atoms with Crippen molar-refractivity contribution in [2.75, 3.05) is 5.32 Å². The minimum absolute atomic E-state index is 0.249. The molecule has 0 unspecified atom stereocenters. The molecule has 0 aromatic carbocycles. The fourth-order valence-electron chi connectivity index (χ4n) is 1.71. The normalized spacial score (nSPS) is 11.0. The molecule has 92 valence electrons. The van der Waals surface area contributed by atoms with E-state index in [1.54, 1.807) is 11.3 Å². The molecule has 3 aromatic heterocycles. The van der Waals surface area contributed by atoms with E-state index < -0.39 is 0 Å². The number of halogens is 1. The van der Waals surface area contributed by atoms with Crippen molar-refractivity contribution in [3.8, 4) is 0 Å². The van der Waals surface area contributed by atoms with Crippen molar-refractivity contribution in [3.63, 3.8) is 0 Å². The predicted octanol–water partition coefficient (Wildman–Crippen LogP) is 3.86. The molecular formula is C12H10ClN3OS. The molecule has 0 aliphatic carbocycles. The van der Waals surface area contributed by atoms with E-state index in [2.05, 4.69) is 15.3 Å². The summed E-state index contributed by atoms with van der Waals surface area (Å²) in [6.45, 7) is 2.50. The maximum absolute atomic E-state index is 5.89. The van der Waals surface area contributed by atoms with Crippen molar-refractivity contribution in [1.29, 1.82) is 0 Å². The van der Waals surface area contributed by atoms with Crippen molar-refractivity contribution in [2.45, 2.75) is 13.5 Å². The Morgan fingerprint density at radius 1 is 1.33 bits per heavy atom. The van der Waals surface area contributed by atoms with Crippen molar-refractivity contribution in [1.82, 2.24) is 9.97 Å². The molecular weight excluding hydrogens is 270 g/mol. The van der Waals surface area contributed by atoms with Crippen LogP contribution in [-0.2, 0) is 6.54 Å². The smallest absolute Gasteiger partial charge is 0.224 e. The van der Waals surface area contributed by atoms with E-state index >= 15 is 0 Å². The molecule has 3 aromatic rings. The van der Waals surface area contributed by atoms with Crippen LogP contribution in [0.15, 0.2) is 28.0 Å². The summed E-state index contributed by atoms with van der Waals surface area (Å²) in [6, 6.07) is 5.80. The van der Waals surface area contributed by atoms with Gasteiger partial charge in [0, 0.05) is 0 Å². The highest BCUT2D eigenvalue weighted by Crippen LogP contribution is 2.27. The van der Waals surface area contributed by atoms with E-state index in [1.807, 2.05) is 30.5 Å². The molecule has 0 atom stereocenters. The molecule has 0 bridgehead atoms. The summed E-state index contributed by atoms with van der Waals surface area (Å²) in [4.78, 5) is 8.36. The molecule has 3 heterocycles. The predicted molar refractivity (Wildman–Crippen MR) is 73.2 cm³/mol. The highest BCUT2D eigenvalue weighted by molar-refractivity contribution is 7.17. The van der Waals surface area contributed by atoms with Crippen LogP contribution in [0.25, 0.3) is 10.2 Å². The Labute approximate surface area is 113 Å². The van der Waals surface area contributed by atoms with Crippen LogP contribution in [0.3, 0.4) is 0 Å². The van der Waals surface area contributed by atoms with Gasteiger partial charge >= 0.3 is 0 Å². The molecule has 0 saturated heterocycles. The van der Waals surface area contributed by atoms with Gasteiger partial charge in [0.05, 0.1) is 16.8 Å². The largest absolute Gasteiger partial charge is 0.465 e. The maximum atomic E-state index is 5.89. The Kier molecular flexibility index (Phi) is 2.93. The second-order valence-electron chi connectivity index (χ2n) is 3.84. The molecule has 0 aliphatic rings. The first kappa shape index (κ1) is 11.5. The van der Waals surface area contributed by atoms with E-state index in [9.17, 15) is 0 Å². The van der Waals surface area contributed by atoms with E-state index in [0.717, 1.165) is 27.6 Å². The molecule has 1 N–H and O–H groups in total. The van der Waals surface area contributed by atoms with Crippen LogP contribution in [0.1, 0.15) is 11.5 Å². The Balaban J connectivity index is 1.87. The molecule has 4 nitrogen and oxygen atoms in total. The third-order valence-corrected chi connectivity index (χ3v) is 3.58. The van der Waals surface area contributed by atoms with Crippen LogP contribution in [0.4, 0.5) is 5.82 Å². The number of hydrogen-bond acceptors (Lipinski definition) is 5. The topological polar surface area (TPSA) is 51.0 Å². The van der Waals surface area contributed by atoms with Crippen molar-refractivity contribution in [2.24, 2.45) is 0 Å². The average molecular weight is 280 g/mol. The Morgan fingerprint density at radius 2 is 2.22 bits per heavy atom. The summed E-state index contributed by atoms with van der Waals surface area (Å²) in [5.41, 5.74) is 0.859. The maximum Gasteiger partial charge on any atom is 0.224 e. The average Bonchev–Trinajstić information content (AvgIpc) is 2.94. The first-order chi connectivity index (χ1) is 8.72. The summed E-state index contributed by atoms with van der Waals surface area (Å²) in [5, 5.41) is 5.44. The van der Waals surface area contributed by atoms with Gasteiger partial charge in [0.15, 0.2) is 0 Å². The number of rotatable bonds is 3. The number of nitrogens with zero attached hydrogens (tertiary/aromatic N) is 2. The van der Waals surface area contributed by atoms with Gasteiger partial charge in [-0.25, -0.2) is 4.98 Å². The molecule has 6 heteroatoms. The van der Waals surface area contributed by atoms with Crippen molar-refractivity contribution < 1.29 is 4.42 Å². The SMILES string of the molecule is Cc1ccc(CNc2nc(Cl)nc3ccsc23)o1. The number of aromatic nitrogens is 2. The van der Waals surface area contributed by atoms with Crippen molar-refractivity contribution >= 4 is 39.0 Å². The summed E-state index contributed by atoms with van der Waals surface area (Å²) in [7, 11) is 0. The minimum atomic E-state index is 0.249. The van der Waals surface area contributed by atoms with Crippen LogP contribution in [0.2, 0.25) is 5.28 Å². The summed E-state index contributed by atoms with van der Waals surface area (Å²) < 4.78 is 6.50. The molecule has 0 aliphatic heterocycles. The van der Waals surface area contributed by atoms with Gasteiger partial charge in [0.2, 0.25) is 5.28 Å². The van der Waals surface area contributed by atoms with Crippen LogP contribution < -0.4 is 5.32 Å². The Morgan fingerprint density at radius 3 is 3.00 bits per heavy atom. The van der Waals surface area contributed by atoms with E-state index in [4.69, 9.17) is 16.0 Å².